The maximum atomic E-state index is 12.3. The Hall–Kier alpha value is -2.45. The first-order chi connectivity index (χ1) is 14.1. The number of para-hydroxylation sites is 1. The highest BCUT2D eigenvalue weighted by molar-refractivity contribution is 14.1. The maximum absolute atomic E-state index is 12.3. The van der Waals surface area contributed by atoms with Gasteiger partial charge >= 0.3 is 5.97 Å². The zero-order chi connectivity index (χ0) is 20.2. The smallest absolute Gasteiger partial charge is 0.363 e. The van der Waals surface area contributed by atoms with Gasteiger partial charge in [-0.25, -0.2) is 9.79 Å². The summed E-state index contributed by atoms with van der Waals surface area (Å²) in [6.45, 7) is 0.406. The number of hydrogen-bond donors (Lipinski definition) is 0. The van der Waals surface area contributed by atoms with Crippen molar-refractivity contribution in [3.05, 3.63) is 103 Å². The van der Waals surface area contributed by atoms with Crippen LogP contribution in [0.15, 0.2) is 88.0 Å². The fourth-order valence-corrected chi connectivity index (χ4v) is 3.53. The molecule has 3 aromatic carbocycles. The van der Waals surface area contributed by atoms with Crippen LogP contribution in [0.3, 0.4) is 0 Å². The highest BCUT2D eigenvalue weighted by atomic mass is 127. The van der Waals surface area contributed by atoms with Crippen molar-refractivity contribution in [1.82, 2.24) is 0 Å². The molecule has 1 aliphatic rings. The number of cyclic esters (lactones) is 1. The molecule has 0 fully saturated rings. The number of aliphatic imine (C=N–C) groups is 1. The van der Waals surface area contributed by atoms with Gasteiger partial charge in [0.05, 0.1) is 0 Å². The van der Waals surface area contributed by atoms with Gasteiger partial charge in [0.2, 0.25) is 5.90 Å². The topological polar surface area (TPSA) is 47.9 Å². The van der Waals surface area contributed by atoms with Crippen LogP contribution >= 0.6 is 38.5 Å². The number of halogens is 2. The predicted octanol–water partition coefficient (Wildman–Crippen LogP) is 5.98. The molecule has 0 spiro atoms. The largest absolute Gasteiger partial charge is 0.488 e. The molecule has 4 rings (SSSR count). The molecule has 4 nitrogen and oxygen atoms in total. The van der Waals surface area contributed by atoms with Crippen LogP contribution in [0.1, 0.15) is 16.7 Å². The van der Waals surface area contributed by atoms with Crippen molar-refractivity contribution in [2.75, 3.05) is 0 Å². The van der Waals surface area contributed by atoms with E-state index in [0.717, 1.165) is 24.7 Å². The average Bonchev–Trinajstić information content (AvgIpc) is 3.09. The van der Waals surface area contributed by atoms with E-state index in [1.807, 2.05) is 72.8 Å². The lowest BCUT2D eigenvalue weighted by atomic mass is 10.1. The van der Waals surface area contributed by atoms with Gasteiger partial charge in [-0.15, -0.1) is 0 Å². The van der Waals surface area contributed by atoms with E-state index < -0.39 is 5.97 Å². The lowest BCUT2D eigenvalue weighted by Crippen LogP contribution is -2.05. The van der Waals surface area contributed by atoms with E-state index in [9.17, 15) is 4.79 Å². The van der Waals surface area contributed by atoms with Crippen LogP contribution in [-0.4, -0.2) is 11.9 Å². The molecule has 0 amide bonds. The van der Waals surface area contributed by atoms with Crippen molar-refractivity contribution in [3.8, 4) is 5.75 Å². The third-order valence-corrected chi connectivity index (χ3v) is 5.76. The van der Waals surface area contributed by atoms with E-state index in [2.05, 4.69) is 43.5 Å². The zero-order valence-electron chi connectivity index (χ0n) is 15.1. The number of carbonyl (C=O) groups is 1. The van der Waals surface area contributed by atoms with E-state index in [4.69, 9.17) is 9.47 Å². The minimum atomic E-state index is -0.473. The van der Waals surface area contributed by atoms with Crippen molar-refractivity contribution >= 4 is 56.5 Å². The number of rotatable bonds is 5. The van der Waals surface area contributed by atoms with Crippen molar-refractivity contribution < 1.29 is 14.3 Å². The van der Waals surface area contributed by atoms with Crippen LogP contribution in [-0.2, 0) is 16.1 Å². The van der Waals surface area contributed by atoms with Crippen LogP contribution in [0.5, 0.6) is 5.75 Å². The Morgan fingerprint density at radius 3 is 2.52 bits per heavy atom. The number of esters is 1. The quantitative estimate of drug-likeness (QED) is 0.219. The molecule has 0 saturated carbocycles. The first kappa shape index (κ1) is 19.8. The predicted molar refractivity (Wildman–Crippen MR) is 125 cm³/mol. The Balaban J connectivity index is 1.58. The summed E-state index contributed by atoms with van der Waals surface area (Å²) in [7, 11) is 0. The maximum Gasteiger partial charge on any atom is 0.363 e. The molecule has 0 bridgehead atoms. The van der Waals surface area contributed by atoms with Crippen LogP contribution in [0.25, 0.3) is 6.08 Å². The lowest BCUT2D eigenvalue weighted by Gasteiger charge is -2.10. The molecular formula is C23H15BrINO3. The Morgan fingerprint density at radius 2 is 1.72 bits per heavy atom. The lowest BCUT2D eigenvalue weighted by molar-refractivity contribution is -0.129. The molecule has 0 unspecified atom stereocenters. The number of carbonyl (C=O) groups excluding carboxylic acids is 1. The van der Waals surface area contributed by atoms with Gasteiger partial charge in [0.1, 0.15) is 12.4 Å². The highest BCUT2D eigenvalue weighted by Gasteiger charge is 2.24. The summed E-state index contributed by atoms with van der Waals surface area (Å²) in [5, 5.41) is 0. The van der Waals surface area contributed by atoms with E-state index in [1.165, 1.54) is 0 Å². The average molecular weight is 560 g/mol. The second-order valence-corrected chi connectivity index (χ2v) is 8.36. The summed E-state index contributed by atoms with van der Waals surface area (Å²) in [4.78, 5) is 16.7. The molecular weight excluding hydrogens is 545 g/mol. The summed E-state index contributed by atoms with van der Waals surface area (Å²) in [6, 6.07) is 23.1. The molecule has 144 valence electrons. The third kappa shape index (κ3) is 4.76. The Morgan fingerprint density at radius 1 is 1.00 bits per heavy atom. The monoisotopic (exact) mass is 559 g/mol. The number of benzene rings is 3. The highest BCUT2D eigenvalue weighted by Crippen LogP contribution is 2.26. The molecule has 3 aromatic rings. The van der Waals surface area contributed by atoms with Gasteiger partial charge in [-0.3, -0.25) is 0 Å². The molecule has 1 heterocycles. The minimum absolute atomic E-state index is 0.246. The summed E-state index contributed by atoms with van der Waals surface area (Å²) in [5.41, 5.74) is 2.81. The van der Waals surface area contributed by atoms with Crippen LogP contribution in [0, 0.1) is 3.57 Å². The molecule has 1 aliphatic heterocycles. The fraction of sp³-hybridized carbons (Fsp3) is 0.0435. The summed E-state index contributed by atoms with van der Waals surface area (Å²) in [6.07, 6.45) is 1.69. The molecule has 0 aliphatic carbocycles. The molecule has 0 atom stereocenters. The minimum Gasteiger partial charge on any atom is -0.488 e. The van der Waals surface area contributed by atoms with Gasteiger partial charge in [-0.1, -0.05) is 52.3 Å². The van der Waals surface area contributed by atoms with E-state index in [0.29, 0.717) is 18.3 Å². The molecule has 0 saturated heterocycles. The van der Waals surface area contributed by atoms with Crippen LogP contribution < -0.4 is 4.74 Å². The second kappa shape index (κ2) is 8.92. The summed E-state index contributed by atoms with van der Waals surface area (Å²) < 4.78 is 13.4. The Labute approximate surface area is 190 Å². The first-order valence-corrected chi connectivity index (χ1v) is 10.7. The zero-order valence-corrected chi connectivity index (χ0v) is 18.9. The number of hydrogen-bond acceptors (Lipinski definition) is 4. The summed E-state index contributed by atoms with van der Waals surface area (Å²) in [5.74, 6) is 0.505. The number of nitrogens with zero attached hydrogens (tertiary/aromatic N) is 1. The number of ether oxygens (including phenoxy) is 2. The Bertz CT molecular complexity index is 1120. The second-order valence-electron chi connectivity index (χ2n) is 6.26. The molecule has 0 aromatic heterocycles. The normalized spacial score (nSPS) is 14.6. The van der Waals surface area contributed by atoms with Gasteiger partial charge in [0, 0.05) is 24.7 Å². The van der Waals surface area contributed by atoms with Crippen molar-refractivity contribution in [1.29, 1.82) is 0 Å². The van der Waals surface area contributed by atoms with E-state index in [-0.39, 0.29) is 5.70 Å². The van der Waals surface area contributed by atoms with Gasteiger partial charge < -0.3 is 9.47 Å². The molecule has 6 heteroatoms. The van der Waals surface area contributed by atoms with Gasteiger partial charge in [-0.2, -0.15) is 0 Å². The molecule has 0 radical (unpaired) electrons. The Kier molecular flexibility index (Phi) is 6.10. The SMILES string of the molecule is O=C1OC(c2ccc(I)cc2)=N/C1=C\c1ccccc1OCc1ccccc1Br. The molecule has 29 heavy (non-hydrogen) atoms. The standard InChI is InChI=1S/C23H15BrINO3/c24-19-7-3-1-6-17(19)14-28-21-8-4-2-5-16(21)13-20-23(27)29-22(26-20)15-9-11-18(25)12-10-15/h1-13H,14H2/b20-13-. The summed E-state index contributed by atoms with van der Waals surface area (Å²) >= 11 is 5.75. The van der Waals surface area contributed by atoms with Crippen molar-refractivity contribution in [2.24, 2.45) is 4.99 Å². The van der Waals surface area contributed by atoms with Crippen molar-refractivity contribution in [2.45, 2.75) is 6.61 Å². The third-order valence-electron chi connectivity index (χ3n) is 4.26. The van der Waals surface area contributed by atoms with Crippen LogP contribution in [0.4, 0.5) is 0 Å². The fourth-order valence-electron chi connectivity index (χ4n) is 2.77. The van der Waals surface area contributed by atoms with Crippen molar-refractivity contribution in [3.63, 3.8) is 0 Å². The first-order valence-electron chi connectivity index (χ1n) is 8.84. The van der Waals surface area contributed by atoms with Crippen LogP contribution in [0.2, 0.25) is 0 Å². The van der Waals surface area contributed by atoms with E-state index in [1.54, 1.807) is 6.08 Å². The van der Waals surface area contributed by atoms with Gasteiger partial charge in [0.15, 0.2) is 5.70 Å². The van der Waals surface area contributed by atoms with Gasteiger partial charge in [-0.05, 0) is 65.1 Å². The van der Waals surface area contributed by atoms with E-state index >= 15 is 0 Å². The van der Waals surface area contributed by atoms with Gasteiger partial charge in [0.25, 0.3) is 0 Å². The molecule has 0 N–H and O–H groups in total.